The number of hydrogen-bond donors (Lipinski definition) is 1. The summed E-state index contributed by atoms with van der Waals surface area (Å²) in [4.78, 5) is 4.44. The summed E-state index contributed by atoms with van der Waals surface area (Å²) in [5, 5.41) is 11.7. The average Bonchev–Trinajstić information content (AvgIpc) is 2.85. The summed E-state index contributed by atoms with van der Waals surface area (Å²) in [6.07, 6.45) is 5.84. The van der Waals surface area contributed by atoms with Crippen molar-refractivity contribution in [3.05, 3.63) is 42.1 Å². The quantitative estimate of drug-likeness (QED) is 0.852. The zero-order valence-corrected chi connectivity index (χ0v) is 11.7. The van der Waals surface area contributed by atoms with Gasteiger partial charge in [-0.2, -0.15) is 0 Å². The largest absolute Gasteiger partial charge is 0.388 e. The molecule has 0 aliphatic heterocycles. The zero-order valence-electron chi connectivity index (χ0n) is 10.1. The summed E-state index contributed by atoms with van der Waals surface area (Å²) in [7, 11) is 0. The number of nitrogens with zero attached hydrogens (tertiary/aromatic N) is 1. The highest BCUT2D eigenvalue weighted by atomic mass is 79.9. The van der Waals surface area contributed by atoms with Crippen LogP contribution < -0.4 is 0 Å². The number of halogens is 1. The van der Waals surface area contributed by atoms with E-state index in [-0.39, 0.29) is 4.83 Å². The van der Waals surface area contributed by atoms with Crippen LogP contribution in [0.15, 0.2) is 36.5 Å². The van der Waals surface area contributed by atoms with Crippen molar-refractivity contribution in [2.75, 3.05) is 0 Å². The number of pyridine rings is 1. The van der Waals surface area contributed by atoms with E-state index in [1.54, 1.807) is 0 Å². The molecule has 0 saturated heterocycles. The van der Waals surface area contributed by atoms with Gasteiger partial charge in [-0.3, -0.25) is 4.98 Å². The Bertz CT molecular complexity index is 563. The third-order valence-corrected chi connectivity index (χ3v) is 5.23. The van der Waals surface area contributed by atoms with Crippen molar-refractivity contribution in [1.82, 2.24) is 4.98 Å². The zero-order chi connectivity index (χ0) is 12.6. The van der Waals surface area contributed by atoms with E-state index in [9.17, 15) is 5.11 Å². The van der Waals surface area contributed by atoms with Crippen LogP contribution in [0.1, 0.15) is 36.1 Å². The molecule has 0 amide bonds. The van der Waals surface area contributed by atoms with Crippen LogP contribution in [0.5, 0.6) is 0 Å². The van der Waals surface area contributed by atoms with Crippen LogP contribution in [-0.2, 0) is 0 Å². The molecule has 0 spiro atoms. The molecule has 1 saturated carbocycles. The molecule has 18 heavy (non-hydrogen) atoms. The molecule has 1 aromatic carbocycles. The molecule has 2 aromatic rings. The Morgan fingerprint density at radius 1 is 1.22 bits per heavy atom. The second-order valence-electron chi connectivity index (χ2n) is 5.13. The lowest BCUT2D eigenvalue weighted by atomic mass is 9.93. The molecule has 1 heterocycles. The highest BCUT2D eigenvalue weighted by Gasteiger charge is 2.38. The number of aromatic nitrogens is 1. The first kappa shape index (κ1) is 12.1. The smallest absolute Gasteiger partial charge is 0.0813 e. The molecule has 0 bridgehead atoms. The highest BCUT2D eigenvalue weighted by molar-refractivity contribution is 9.09. The first-order valence-corrected chi connectivity index (χ1v) is 7.32. The van der Waals surface area contributed by atoms with Gasteiger partial charge in [0.15, 0.2) is 0 Å². The highest BCUT2D eigenvalue weighted by Crippen LogP contribution is 2.44. The van der Waals surface area contributed by atoms with Crippen molar-refractivity contribution < 1.29 is 5.11 Å². The van der Waals surface area contributed by atoms with Gasteiger partial charge in [0, 0.05) is 11.6 Å². The summed E-state index contributed by atoms with van der Waals surface area (Å²) < 4.78 is 0. The van der Waals surface area contributed by atoms with Gasteiger partial charge in [0.05, 0.1) is 15.9 Å². The van der Waals surface area contributed by atoms with E-state index in [0.717, 1.165) is 42.1 Å². The van der Waals surface area contributed by atoms with E-state index in [2.05, 4.69) is 33.0 Å². The van der Waals surface area contributed by atoms with Gasteiger partial charge in [0.1, 0.15) is 0 Å². The van der Waals surface area contributed by atoms with Crippen LogP contribution in [-0.4, -0.2) is 15.7 Å². The van der Waals surface area contributed by atoms with Gasteiger partial charge in [-0.1, -0.05) is 47.0 Å². The Labute approximate surface area is 115 Å². The maximum absolute atomic E-state index is 10.6. The van der Waals surface area contributed by atoms with E-state index in [0.29, 0.717) is 0 Å². The minimum absolute atomic E-state index is 0.0235. The molecule has 1 aliphatic carbocycles. The van der Waals surface area contributed by atoms with Crippen LogP contribution in [0.2, 0.25) is 0 Å². The third-order valence-electron chi connectivity index (χ3n) is 3.85. The summed E-state index contributed by atoms with van der Waals surface area (Å²) in [5.41, 5.74) is 1.46. The second kappa shape index (κ2) is 4.63. The molecular formula is C15H16BrNO. The van der Waals surface area contributed by atoms with Crippen molar-refractivity contribution >= 4 is 26.8 Å². The summed E-state index contributed by atoms with van der Waals surface area (Å²) in [6, 6.07) is 10.2. The fourth-order valence-electron chi connectivity index (χ4n) is 2.78. The van der Waals surface area contributed by atoms with Crippen LogP contribution >= 0.6 is 15.9 Å². The van der Waals surface area contributed by atoms with Gasteiger partial charge in [-0.05, 0) is 30.5 Å². The first-order valence-electron chi connectivity index (χ1n) is 6.40. The Hall–Kier alpha value is -0.930. The molecule has 2 nitrogen and oxygen atoms in total. The summed E-state index contributed by atoms with van der Waals surface area (Å²) >= 11 is 3.66. The van der Waals surface area contributed by atoms with Gasteiger partial charge < -0.3 is 5.11 Å². The van der Waals surface area contributed by atoms with Crippen LogP contribution in [0.4, 0.5) is 0 Å². The molecule has 1 atom stereocenters. The third kappa shape index (κ3) is 2.06. The minimum Gasteiger partial charge on any atom is -0.388 e. The number of hydrogen-bond acceptors (Lipinski definition) is 2. The molecule has 1 unspecified atom stereocenters. The topological polar surface area (TPSA) is 33.1 Å². The van der Waals surface area contributed by atoms with E-state index in [4.69, 9.17) is 0 Å². The van der Waals surface area contributed by atoms with Gasteiger partial charge in [0.2, 0.25) is 0 Å². The Morgan fingerprint density at radius 2 is 1.94 bits per heavy atom. The Kier molecular flexibility index (Phi) is 3.12. The molecular weight excluding hydrogens is 290 g/mol. The van der Waals surface area contributed by atoms with E-state index in [1.807, 2.05) is 24.4 Å². The summed E-state index contributed by atoms with van der Waals surface area (Å²) in [6.45, 7) is 0. The number of para-hydroxylation sites is 1. The number of benzene rings is 1. The lowest BCUT2D eigenvalue weighted by molar-refractivity contribution is 0.0469. The minimum atomic E-state index is -0.607. The lowest BCUT2D eigenvalue weighted by Crippen LogP contribution is -2.29. The van der Waals surface area contributed by atoms with Crippen LogP contribution in [0, 0.1) is 0 Å². The predicted molar refractivity (Wildman–Crippen MR) is 76.8 cm³/mol. The maximum Gasteiger partial charge on any atom is 0.0813 e. The molecule has 3 heteroatoms. The Balaban J connectivity index is 1.98. The SMILES string of the molecule is OC1(C(Br)c2cnc3ccccc3c2)CCCC1. The predicted octanol–water partition coefficient (Wildman–Crippen LogP) is 3.98. The molecule has 1 fully saturated rings. The Morgan fingerprint density at radius 3 is 2.72 bits per heavy atom. The number of fused-ring (bicyclic) bond motifs is 1. The van der Waals surface area contributed by atoms with Crippen LogP contribution in [0.25, 0.3) is 10.9 Å². The fourth-order valence-corrected chi connectivity index (χ4v) is 3.49. The molecule has 1 aliphatic rings. The molecule has 94 valence electrons. The molecule has 1 N–H and O–H groups in total. The maximum atomic E-state index is 10.6. The van der Waals surface area contributed by atoms with Gasteiger partial charge >= 0.3 is 0 Å². The van der Waals surface area contributed by atoms with Crippen molar-refractivity contribution in [1.29, 1.82) is 0 Å². The van der Waals surface area contributed by atoms with Gasteiger partial charge in [-0.25, -0.2) is 0 Å². The van der Waals surface area contributed by atoms with E-state index >= 15 is 0 Å². The van der Waals surface area contributed by atoms with Crippen LogP contribution in [0.3, 0.4) is 0 Å². The summed E-state index contributed by atoms with van der Waals surface area (Å²) in [5.74, 6) is 0. The van der Waals surface area contributed by atoms with Gasteiger partial charge in [0.25, 0.3) is 0 Å². The van der Waals surface area contributed by atoms with Gasteiger partial charge in [-0.15, -0.1) is 0 Å². The molecule has 0 radical (unpaired) electrons. The lowest BCUT2D eigenvalue weighted by Gasteiger charge is -2.28. The molecule has 3 rings (SSSR count). The normalized spacial score (nSPS) is 20.1. The number of rotatable bonds is 2. The average molecular weight is 306 g/mol. The van der Waals surface area contributed by atoms with Crippen molar-refractivity contribution in [2.24, 2.45) is 0 Å². The van der Waals surface area contributed by atoms with Crippen molar-refractivity contribution in [2.45, 2.75) is 36.1 Å². The first-order chi connectivity index (χ1) is 8.69. The number of aliphatic hydroxyl groups is 1. The van der Waals surface area contributed by atoms with Crippen molar-refractivity contribution in [3.63, 3.8) is 0 Å². The molecule has 1 aromatic heterocycles. The second-order valence-corrected chi connectivity index (χ2v) is 6.05. The standard InChI is InChI=1S/C15H16BrNO/c16-14(15(18)7-3-4-8-15)12-9-11-5-1-2-6-13(11)17-10-12/h1-2,5-6,9-10,14,18H,3-4,7-8H2. The van der Waals surface area contributed by atoms with E-state index in [1.165, 1.54) is 0 Å². The van der Waals surface area contributed by atoms with Crippen molar-refractivity contribution in [3.8, 4) is 0 Å². The number of alkyl halides is 1. The monoisotopic (exact) mass is 305 g/mol. The fraction of sp³-hybridized carbons (Fsp3) is 0.400. The van der Waals surface area contributed by atoms with E-state index < -0.39 is 5.60 Å².